The van der Waals surface area contributed by atoms with Gasteiger partial charge in [0.15, 0.2) is 11.5 Å². The molecule has 1 unspecified atom stereocenters. The largest absolute Gasteiger partial charge is 0.454 e. The van der Waals surface area contributed by atoms with Gasteiger partial charge in [-0.2, -0.15) is 0 Å². The van der Waals surface area contributed by atoms with E-state index in [4.69, 9.17) is 9.47 Å². The molecule has 0 aliphatic carbocycles. The summed E-state index contributed by atoms with van der Waals surface area (Å²) >= 11 is 0. The van der Waals surface area contributed by atoms with Crippen LogP contribution in [0.2, 0.25) is 0 Å². The number of ether oxygens (including phenoxy) is 2. The first-order chi connectivity index (χ1) is 12.9. The van der Waals surface area contributed by atoms with Crippen LogP contribution in [0, 0.1) is 0 Å². The van der Waals surface area contributed by atoms with E-state index in [-0.39, 0.29) is 13.3 Å². The van der Waals surface area contributed by atoms with Crippen molar-refractivity contribution < 1.29 is 24.2 Å². The number of benzene rings is 2. The lowest BCUT2D eigenvalue weighted by Crippen LogP contribution is -2.43. The normalized spacial score (nSPS) is 14.3. The molecular formula is C20H22N2O5. The Bertz CT molecular complexity index is 846. The lowest BCUT2D eigenvalue weighted by atomic mass is 9.95. The highest BCUT2D eigenvalue weighted by Gasteiger charge is 2.27. The van der Waals surface area contributed by atoms with Gasteiger partial charge in [-0.25, -0.2) is 0 Å². The molecule has 27 heavy (non-hydrogen) atoms. The molecule has 0 spiro atoms. The van der Waals surface area contributed by atoms with Crippen molar-refractivity contribution in [2.75, 3.05) is 18.7 Å². The molecule has 0 radical (unpaired) electrons. The number of aliphatic hydroxyl groups is 1. The van der Waals surface area contributed by atoms with Crippen LogP contribution in [0.25, 0.3) is 0 Å². The second kappa shape index (κ2) is 7.67. The number of amides is 2. The molecule has 1 aliphatic rings. The fourth-order valence-corrected chi connectivity index (χ4v) is 2.68. The lowest BCUT2D eigenvalue weighted by Gasteiger charge is -2.24. The van der Waals surface area contributed by atoms with E-state index in [1.54, 1.807) is 37.3 Å². The standard InChI is InChI=1S/C20H22N2O5/c1-3-13-4-7-15(8-5-13)22-19(24)18(23)21-11-20(2,25)14-6-9-16-17(10-14)27-12-26-16/h4-10,25H,3,11-12H2,1-2H3,(H,21,23)(H,22,24). The third-order valence-electron chi connectivity index (χ3n) is 4.41. The molecule has 2 aromatic carbocycles. The predicted octanol–water partition coefficient (Wildman–Crippen LogP) is 1.94. The van der Waals surface area contributed by atoms with Crippen molar-refractivity contribution in [1.82, 2.24) is 5.32 Å². The summed E-state index contributed by atoms with van der Waals surface area (Å²) in [5.41, 5.74) is 0.842. The minimum Gasteiger partial charge on any atom is -0.454 e. The highest BCUT2D eigenvalue weighted by atomic mass is 16.7. The van der Waals surface area contributed by atoms with Crippen LogP contribution in [0.5, 0.6) is 11.5 Å². The second-order valence-corrected chi connectivity index (χ2v) is 6.53. The van der Waals surface area contributed by atoms with Crippen molar-refractivity contribution in [3.05, 3.63) is 53.6 Å². The Balaban J connectivity index is 1.57. The quantitative estimate of drug-likeness (QED) is 0.699. The Morgan fingerprint density at radius 2 is 1.78 bits per heavy atom. The van der Waals surface area contributed by atoms with Crippen LogP contribution in [0.4, 0.5) is 5.69 Å². The molecule has 0 saturated carbocycles. The van der Waals surface area contributed by atoms with E-state index in [2.05, 4.69) is 10.6 Å². The molecule has 0 bridgehead atoms. The van der Waals surface area contributed by atoms with Crippen molar-refractivity contribution in [2.24, 2.45) is 0 Å². The van der Waals surface area contributed by atoms with Gasteiger partial charge in [0.1, 0.15) is 5.60 Å². The molecule has 2 amide bonds. The average Bonchev–Trinajstić information content (AvgIpc) is 3.14. The van der Waals surface area contributed by atoms with Crippen LogP contribution >= 0.6 is 0 Å². The average molecular weight is 370 g/mol. The Labute approximate surface area is 157 Å². The van der Waals surface area contributed by atoms with Crippen LogP contribution < -0.4 is 20.1 Å². The zero-order valence-corrected chi connectivity index (χ0v) is 15.2. The third-order valence-corrected chi connectivity index (χ3v) is 4.41. The summed E-state index contributed by atoms with van der Waals surface area (Å²) < 4.78 is 10.5. The van der Waals surface area contributed by atoms with Gasteiger partial charge in [-0.15, -0.1) is 0 Å². The smallest absolute Gasteiger partial charge is 0.313 e. The second-order valence-electron chi connectivity index (χ2n) is 6.53. The minimum absolute atomic E-state index is 0.131. The maximum absolute atomic E-state index is 12.1. The summed E-state index contributed by atoms with van der Waals surface area (Å²) in [6, 6.07) is 12.3. The highest BCUT2D eigenvalue weighted by Crippen LogP contribution is 2.35. The molecule has 0 fully saturated rings. The number of anilines is 1. The van der Waals surface area contributed by atoms with Gasteiger partial charge in [0.25, 0.3) is 0 Å². The number of hydrogen-bond donors (Lipinski definition) is 3. The first-order valence-corrected chi connectivity index (χ1v) is 8.69. The fraction of sp³-hybridized carbons (Fsp3) is 0.300. The van der Waals surface area contributed by atoms with E-state index in [1.165, 1.54) is 0 Å². The summed E-state index contributed by atoms with van der Waals surface area (Å²) in [6.45, 7) is 3.59. The van der Waals surface area contributed by atoms with Crippen LogP contribution in [-0.2, 0) is 21.6 Å². The van der Waals surface area contributed by atoms with Crippen LogP contribution in [0.1, 0.15) is 25.0 Å². The van der Waals surface area contributed by atoms with Gasteiger partial charge in [-0.3, -0.25) is 9.59 Å². The zero-order chi connectivity index (χ0) is 19.4. The summed E-state index contributed by atoms with van der Waals surface area (Å²) in [5, 5.41) is 15.6. The Hall–Kier alpha value is -3.06. The number of carbonyl (C=O) groups is 2. The van der Waals surface area contributed by atoms with Gasteiger partial charge < -0.3 is 25.2 Å². The van der Waals surface area contributed by atoms with Crippen LogP contribution in [0.3, 0.4) is 0 Å². The summed E-state index contributed by atoms with van der Waals surface area (Å²) in [5.74, 6) is -0.476. The Morgan fingerprint density at radius 1 is 1.07 bits per heavy atom. The van der Waals surface area contributed by atoms with Crippen molar-refractivity contribution in [3.63, 3.8) is 0 Å². The van der Waals surface area contributed by atoms with Gasteiger partial charge in [0.05, 0.1) is 6.54 Å². The van der Waals surface area contributed by atoms with Crippen molar-refractivity contribution >= 4 is 17.5 Å². The number of carbonyl (C=O) groups excluding carboxylic acids is 2. The van der Waals surface area contributed by atoms with Crippen molar-refractivity contribution in [2.45, 2.75) is 25.9 Å². The maximum Gasteiger partial charge on any atom is 0.313 e. The van der Waals surface area contributed by atoms with Gasteiger partial charge in [0.2, 0.25) is 6.79 Å². The molecule has 1 atom stereocenters. The molecule has 7 heteroatoms. The summed E-state index contributed by atoms with van der Waals surface area (Å²) in [7, 11) is 0. The van der Waals surface area contributed by atoms with Crippen LogP contribution in [0.15, 0.2) is 42.5 Å². The van der Waals surface area contributed by atoms with E-state index < -0.39 is 17.4 Å². The number of rotatable bonds is 5. The van der Waals surface area contributed by atoms with E-state index >= 15 is 0 Å². The Morgan fingerprint density at radius 3 is 2.48 bits per heavy atom. The highest BCUT2D eigenvalue weighted by molar-refractivity contribution is 6.39. The maximum atomic E-state index is 12.1. The topological polar surface area (TPSA) is 96.9 Å². The molecule has 142 valence electrons. The molecule has 1 heterocycles. The number of hydrogen-bond acceptors (Lipinski definition) is 5. The molecule has 1 aliphatic heterocycles. The lowest BCUT2D eigenvalue weighted by molar-refractivity contribution is -0.136. The van der Waals surface area contributed by atoms with E-state index in [0.29, 0.717) is 22.7 Å². The van der Waals surface area contributed by atoms with Gasteiger partial charge >= 0.3 is 11.8 Å². The van der Waals surface area contributed by atoms with Crippen LogP contribution in [-0.4, -0.2) is 30.3 Å². The van der Waals surface area contributed by atoms with E-state index in [9.17, 15) is 14.7 Å². The van der Waals surface area contributed by atoms with Crippen molar-refractivity contribution in [3.8, 4) is 11.5 Å². The molecule has 7 nitrogen and oxygen atoms in total. The number of fused-ring (bicyclic) bond motifs is 1. The monoisotopic (exact) mass is 370 g/mol. The summed E-state index contributed by atoms with van der Waals surface area (Å²) in [4.78, 5) is 24.1. The predicted molar refractivity (Wildman–Crippen MR) is 99.6 cm³/mol. The summed E-state index contributed by atoms with van der Waals surface area (Å²) in [6.07, 6.45) is 0.893. The minimum atomic E-state index is -1.38. The van der Waals surface area contributed by atoms with E-state index in [0.717, 1.165) is 12.0 Å². The number of nitrogens with one attached hydrogen (secondary N) is 2. The van der Waals surface area contributed by atoms with E-state index in [1.807, 2.05) is 19.1 Å². The number of aryl methyl sites for hydroxylation is 1. The van der Waals surface area contributed by atoms with Crippen molar-refractivity contribution in [1.29, 1.82) is 0 Å². The SMILES string of the molecule is CCc1ccc(NC(=O)C(=O)NCC(C)(O)c2ccc3c(c2)OCO3)cc1. The third kappa shape index (κ3) is 4.38. The molecule has 0 aromatic heterocycles. The molecule has 0 saturated heterocycles. The molecular weight excluding hydrogens is 348 g/mol. The first-order valence-electron chi connectivity index (χ1n) is 8.69. The fourth-order valence-electron chi connectivity index (χ4n) is 2.68. The zero-order valence-electron chi connectivity index (χ0n) is 15.2. The molecule has 3 rings (SSSR count). The first kappa shape index (κ1) is 18.7. The van der Waals surface area contributed by atoms with Gasteiger partial charge in [0, 0.05) is 5.69 Å². The molecule has 2 aromatic rings. The van der Waals surface area contributed by atoms with Gasteiger partial charge in [-0.05, 0) is 48.7 Å². The Kier molecular flexibility index (Phi) is 5.32. The van der Waals surface area contributed by atoms with Gasteiger partial charge in [-0.1, -0.05) is 25.1 Å². The molecule has 3 N–H and O–H groups in total.